The molecule has 0 bridgehead atoms. The number of aliphatic hydroxyl groups is 1. The minimum Gasteiger partial charge on any atom is -0.390 e. The molecule has 0 atom stereocenters. The Morgan fingerprint density at radius 3 is 2.69 bits per heavy atom. The lowest BCUT2D eigenvalue weighted by atomic mass is 10.1. The van der Waals surface area contributed by atoms with Crippen molar-refractivity contribution in [1.82, 2.24) is 15.0 Å². The van der Waals surface area contributed by atoms with Crippen LogP contribution in [0.4, 0.5) is 0 Å². The Hall–Kier alpha value is -0.900. The minimum absolute atomic E-state index is 0.000720. The first-order valence-corrected chi connectivity index (χ1v) is 6.21. The predicted octanol–water partition coefficient (Wildman–Crippen LogP) is 2.16. The van der Waals surface area contributed by atoms with Gasteiger partial charge in [-0.05, 0) is 25.2 Å². The van der Waals surface area contributed by atoms with Crippen LogP contribution in [0.25, 0.3) is 0 Å². The molecule has 0 aliphatic rings. The van der Waals surface area contributed by atoms with Crippen LogP contribution in [0.3, 0.4) is 0 Å². The zero-order chi connectivity index (χ0) is 12.0. The molecule has 0 aliphatic carbocycles. The van der Waals surface area contributed by atoms with Gasteiger partial charge < -0.3 is 5.11 Å². The summed E-state index contributed by atoms with van der Waals surface area (Å²) in [6.07, 6.45) is 4.35. The molecule has 4 heteroatoms. The summed E-state index contributed by atoms with van der Waals surface area (Å²) in [6, 6.07) is 0. The molecular weight excluding hydrogens is 202 g/mol. The number of hydrogen-bond donors (Lipinski definition) is 1. The molecular formula is C12H23N3O. The largest absolute Gasteiger partial charge is 0.390 e. The van der Waals surface area contributed by atoms with E-state index in [9.17, 15) is 5.11 Å². The Bertz CT molecular complexity index is 307. The van der Waals surface area contributed by atoms with Crippen molar-refractivity contribution in [3.8, 4) is 0 Å². The quantitative estimate of drug-likeness (QED) is 0.773. The van der Waals surface area contributed by atoms with Crippen molar-refractivity contribution in [2.24, 2.45) is 5.92 Å². The van der Waals surface area contributed by atoms with Crippen LogP contribution >= 0.6 is 0 Å². The van der Waals surface area contributed by atoms with Gasteiger partial charge in [-0.3, -0.25) is 0 Å². The van der Waals surface area contributed by atoms with Crippen LogP contribution in [0.15, 0.2) is 0 Å². The van der Waals surface area contributed by atoms with E-state index >= 15 is 0 Å². The van der Waals surface area contributed by atoms with E-state index in [0.717, 1.165) is 43.6 Å². The molecule has 4 nitrogen and oxygen atoms in total. The van der Waals surface area contributed by atoms with Gasteiger partial charge in [-0.15, -0.1) is 5.10 Å². The number of unbranched alkanes of at least 4 members (excludes halogenated alkanes) is 1. The van der Waals surface area contributed by atoms with E-state index < -0.39 is 0 Å². The molecule has 0 aliphatic heterocycles. The van der Waals surface area contributed by atoms with E-state index in [4.69, 9.17) is 0 Å². The monoisotopic (exact) mass is 225 g/mol. The molecule has 1 aromatic rings. The van der Waals surface area contributed by atoms with Crippen molar-refractivity contribution in [2.75, 3.05) is 0 Å². The van der Waals surface area contributed by atoms with Crippen LogP contribution in [-0.4, -0.2) is 20.1 Å². The highest BCUT2D eigenvalue weighted by molar-refractivity contribution is 5.09. The third-order valence-electron chi connectivity index (χ3n) is 2.75. The third-order valence-corrected chi connectivity index (χ3v) is 2.75. The van der Waals surface area contributed by atoms with Crippen LogP contribution in [0.5, 0.6) is 0 Å². The Kier molecular flexibility index (Phi) is 5.46. The predicted molar refractivity (Wildman–Crippen MR) is 64.0 cm³/mol. The number of aliphatic hydroxyl groups excluding tert-OH is 1. The summed E-state index contributed by atoms with van der Waals surface area (Å²) < 4.78 is 1.96. The summed E-state index contributed by atoms with van der Waals surface area (Å²) in [5.74, 6) is 0.667. The van der Waals surface area contributed by atoms with Gasteiger partial charge >= 0.3 is 0 Å². The van der Waals surface area contributed by atoms with Crippen LogP contribution in [0.2, 0.25) is 0 Å². The van der Waals surface area contributed by atoms with E-state index in [1.54, 1.807) is 0 Å². The SMILES string of the molecule is CCCCc1c(CO)nnn1CCC(C)C. The molecule has 92 valence electrons. The number of nitrogens with zero attached hydrogens (tertiary/aromatic N) is 3. The number of aromatic nitrogens is 3. The minimum atomic E-state index is 0.000720. The van der Waals surface area contributed by atoms with E-state index in [1.807, 2.05) is 4.68 Å². The molecule has 0 radical (unpaired) electrons. The van der Waals surface area contributed by atoms with Gasteiger partial charge in [0.1, 0.15) is 5.69 Å². The molecule has 0 saturated carbocycles. The molecule has 0 fully saturated rings. The Labute approximate surface area is 97.7 Å². The molecule has 0 unspecified atom stereocenters. The molecule has 0 aromatic carbocycles. The average Bonchev–Trinajstić information content (AvgIpc) is 2.65. The molecule has 0 saturated heterocycles. The topological polar surface area (TPSA) is 50.9 Å². The fourth-order valence-corrected chi connectivity index (χ4v) is 1.67. The summed E-state index contributed by atoms with van der Waals surface area (Å²) in [7, 11) is 0. The highest BCUT2D eigenvalue weighted by Crippen LogP contribution is 2.12. The third kappa shape index (κ3) is 3.59. The first kappa shape index (κ1) is 13.2. The van der Waals surface area contributed by atoms with Gasteiger partial charge in [0.25, 0.3) is 0 Å². The summed E-state index contributed by atoms with van der Waals surface area (Å²) in [4.78, 5) is 0. The maximum Gasteiger partial charge on any atom is 0.111 e. The van der Waals surface area contributed by atoms with Crippen LogP contribution < -0.4 is 0 Å². The van der Waals surface area contributed by atoms with Gasteiger partial charge in [0.2, 0.25) is 0 Å². The van der Waals surface area contributed by atoms with E-state index in [0.29, 0.717) is 5.92 Å². The summed E-state index contributed by atoms with van der Waals surface area (Å²) in [6.45, 7) is 7.48. The van der Waals surface area contributed by atoms with Gasteiger partial charge in [0.15, 0.2) is 0 Å². The zero-order valence-corrected chi connectivity index (χ0v) is 10.6. The number of rotatable bonds is 7. The van der Waals surface area contributed by atoms with Crippen molar-refractivity contribution in [3.63, 3.8) is 0 Å². The zero-order valence-electron chi connectivity index (χ0n) is 10.6. The molecule has 1 heterocycles. The van der Waals surface area contributed by atoms with E-state index in [2.05, 4.69) is 31.1 Å². The van der Waals surface area contributed by atoms with Crippen molar-refractivity contribution in [3.05, 3.63) is 11.4 Å². The maximum atomic E-state index is 9.19. The first-order chi connectivity index (χ1) is 7.69. The molecule has 1 N–H and O–H groups in total. The molecule has 16 heavy (non-hydrogen) atoms. The smallest absolute Gasteiger partial charge is 0.111 e. The molecule has 1 aromatic heterocycles. The lowest BCUT2D eigenvalue weighted by Gasteiger charge is -2.08. The summed E-state index contributed by atoms with van der Waals surface area (Å²) >= 11 is 0. The van der Waals surface area contributed by atoms with Gasteiger partial charge in [0, 0.05) is 6.54 Å². The lowest BCUT2D eigenvalue weighted by molar-refractivity contribution is 0.275. The standard InChI is InChI=1S/C12H23N3O/c1-4-5-6-12-11(9-16)13-14-15(12)8-7-10(2)3/h10,16H,4-9H2,1-3H3. The lowest BCUT2D eigenvalue weighted by Crippen LogP contribution is -2.08. The van der Waals surface area contributed by atoms with Crippen molar-refractivity contribution in [1.29, 1.82) is 0 Å². The second-order valence-electron chi connectivity index (χ2n) is 4.65. The van der Waals surface area contributed by atoms with Gasteiger partial charge in [-0.1, -0.05) is 32.4 Å². The van der Waals surface area contributed by atoms with Crippen molar-refractivity contribution < 1.29 is 5.11 Å². The second-order valence-corrected chi connectivity index (χ2v) is 4.65. The van der Waals surface area contributed by atoms with Crippen LogP contribution in [0.1, 0.15) is 51.4 Å². The first-order valence-electron chi connectivity index (χ1n) is 6.21. The van der Waals surface area contributed by atoms with E-state index in [1.165, 1.54) is 0 Å². The van der Waals surface area contributed by atoms with Gasteiger partial charge in [-0.2, -0.15) is 0 Å². The highest BCUT2D eigenvalue weighted by atomic mass is 16.3. The normalized spacial score (nSPS) is 11.3. The number of hydrogen-bond acceptors (Lipinski definition) is 3. The second kappa shape index (κ2) is 6.63. The summed E-state index contributed by atoms with van der Waals surface area (Å²) in [5, 5.41) is 17.3. The summed E-state index contributed by atoms with van der Waals surface area (Å²) in [5.41, 5.74) is 1.86. The highest BCUT2D eigenvalue weighted by Gasteiger charge is 2.11. The molecule has 0 amide bonds. The molecule has 1 rings (SSSR count). The van der Waals surface area contributed by atoms with Crippen LogP contribution in [-0.2, 0) is 19.6 Å². The van der Waals surface area contributed by atoms with E-state index in [-0.39, 0.29) is 6.61 Å². The Morgan fingerprint density at radius 2 is 2.12 bits per heavy atom. The van der Waals surface area contributed by atoms with Gasteiger partial charge in [-0.25, -0.2) is 4.68 Å². The van der Waals surface area contributed by atoms with Gasteiger partial charge in [0.05, 0.1) is 12.3 Å². The molecule has 0 spiro atoms. The Balaban J connectivity index is 2.70. The Morgan fingerprint density at radius 1 is 1.38 bits per heavy atom. The van der Waals surface area contributed by atoms with Crippen LogP contribution in [0, 0.1) is 5.92 Å². The van der Waals surface area contributed by atoms with Crippen molar-refractivity contribution >= 4 is 0 Å². The maximum absolute atomic E-state index is 9.19. The fraction of sp³-hybridized carbons (Fsp3) is 0.833. The average molecular weight is 225 g/mol. The van der Waals surface area contributed by atoms with Crippen molar-refractivity contribution in [2.45, 2.75) is 59.6 Å². The fourth-order valence-electron chi connectivity index (χ4n) is 1.67. The number of aryl methyl sites for hydroxylation is 1.